The van der Waals surface area contributed by atoms with E-state index in [9.17, 15) is 0 Å². The number of aryl methyl sites for hydroxylation is 1. The highest BCUT2D eigenvalue weighted by atomic mass is 16.3. The molecule has 6 heteroatoms. The van der Waals surface area contributed by atoms with Crippen LogP contribution in [0.2, 0.25) is 0 Å². The molecule has 18 heavy (non-hydrogen) atoms. The second kappa shape index (κ2) is 6.26. The van der Waals surface area contributed by atoms with Gasteiger partial charge in [0.25, 0.3) is 0 Å². The Balaban J connectivity index is 2.01. The Morgan fingerprint density at radius 1 is 1.22 bits per heavy atom. The van der Waals surface area contributed by atoms with Gasteiger partial charge in [0.2, 0.25) is 0 Å². The Morgan fingerprint density at radius 3 is 2.61 bits per heavy atom. The van der Waals surface area contributed by atoms with E-state index in [1.54, 1.807) is 0 Å². The van der Waals surface area contributed by atoms with E-state index in [-0.39, 0.29) is 13.2 Å². The number of aliphatic hydroxyl groups is 2. The van der Waals surface area contributed by atoms with Gasteiger partial charge in [-0.1, -0.05) is 0 Å². The van der Waals surface area contributed by atoms with Crippen molar-refractivity contribution in [3.05, 3.63) is 11.6 Å². The first-order valence-corrected chi connectivity index (χ1v) is 6.60. The average Bonchev–Trinajstić information content (AvgIpc) is 3.12. The van der Waals surface area contributed by atoms with Gasteiger partial charge in [0.05, 0.1) is 13.2 Å². The third-order valence-corrected chi connectivity index (χ3v) is 3.26. The van der Waals surface area contributed by atoms with Crippen LogP contribution in [-0.4, -0.2) is 56.2 Å². The van der Waals surface area contributed by atoms with Crippen molar-refractivity contribution >= 4 is 0 Å². The van der Waals surface area contributed by atoms with E-state index in [1.807, 2.05) is 6.92 Å². The van der Waals surface area contributed by atoms with Crippen molar-refractivity contribution in [3.63, 3.8) is 0 Å². The fourth-order valence-corrected chi connectivity index (χ4v) is 2.23. The molecule has 0 radical (unpaired) electrons. The molecule has 2 N–H and O–H groups in total. The summed E-state index contributed by atoms with van der Waals surface area (Å²) in [5.41, 5.74) is 0. The predicted molar refractivity (Wildman–Crippen MR) is 67.1 cm³/mol. The van der Waals surface area contributed by atoms with E-state index in [2.05, 4.69) is 19.7 Å². The van der Waals surface area contributed by atoms with Crippen molar-refractivity contribution < 1.29 is 10.2 Å². The summed E-state index contributed by atoms with van der Waals surface area (Å²) in [6, 6.07) is 0.573. The summed E-state index contributed by atoms with van der Waals surface area (Å²) in [4.78, 5) is 2.11. The molecule has 1 aliphatic carbocycles. The molecule has 0 unspecified atom stereocenters. The number of hydrogen-bond donors (Lipinski definition) is 2. The van der Waals surface area contributed by atoms with Gasteiger partial charge in [-0.25, -0.2) is 0 Å². The summed E-state index contributed by atoms with van der Waals surface area (Å²) in [5, 5.41) is 26.3. The van der Waals surface area contributed by atoms with Crippen LogP contribution in [0.4, 0.5) is 0 Å². The van der Waals surface area contributed by atoms with Crippen molar-refractivity contribution in [2.24, 2.45) is 0 Å². The standard InChI is InChI=1S/C12H22N4O2/c1-10-13-14-12(16(10)11-3-4-11)9-15(6-8-18)5-2-7-17/h11,17-18H,2-9H2,1H3. The van der Waals surface area contributed by atoms with Crippen LogP contribution in [0.15, 0.2) is 0 Å². The lowest BCUT2D eigenvalue weighted by Gasteiger charge is -2.20. The summed E-state index contributed by atoms with van der Waals surface area (Å²) >= 11 is 0. The zero-order chi connectivity index (χ0) is 13.0. The molecule has 1 aromatic heterocycles. The van der Waals surface area contributed by atoms with Gasteiger partial charge in [0.15, 0.2) is 0 Å². The van der Waals surface area contributed by atoms with Gasteiger partial charge in [0, 0.05) is 25.7 Å². The lowest BCUT2D eigenvalue weighted by molar-refractivity contribution is 0.170. The molecule has 0 aliphatic heterocycles. The van der Waals surface area contributed by atoms with E-state index in [0.29, 0.717) is 19.1 Å². The highest BCUT2D eigenvalue weighted by Gasteiger charge is 2.28. The minimum Gasteiger partial charge on any atom is -0.396 e. The highest BCUT2D eigenvalue weighted by Crippen LogP contribution is 2.36. The lowest BCUT2D eigenvalue weighted by Crippen LogP contribution is -2.29. The van der Waals surface area contributed by atoms with Crippen LogP contribution in [-0.2, 0) is 6.54 Å². The van der Waals surface area contributed by atoms with Gasteiger partial charge in [0.1, 0.15) is 11.6 Å². The molecule has 0 bridgehead atoms. The molecule has 0 saturated heterocycles. The molecule has 1 aliphatic rings. The van der Waals surface area contributed by atoms with E-state index < -0.39 is 0 Å². The number of nitrogens with zero attached hydrogens (tertiary/aromatic N) is 4. The topological polar surface area (TPSA) is 74.4 Å². The lowest BCUT2D eigenvalue weighted by atomic mass is 10.3. The molecule has 102 valence electrons. The van der Waals surface area contributed by atoms with E-state index in [4.69, 9.17) is 10.2 Å². The van der Waals surface area contributed by atoms with Crippen LogP contribution in [0.25, 0.3) is 0 Å². The first-order valence-electron chi connectivity index (χ1n) is 6.60. The number of aliphatic hydroxyl groups excluding tert-OH is 2. The molecular weight excluding hydrogens is 232 g/mol. The van der Waals surface area contributed by atoms with Crippen molar-refractivity contribution in [1.82, 2.24) is 19.7 Å². The molecule has 1 aromatic rings. The van der Waals surface area contributed by atoms with Crippen LogP contribution in [0, 0.1) is 6.92 Å². The van der Waals surface area contributed by atoms with Gasteiger partial charge in [-0.05, 0) is 26.2 Å². The maximum Gasteiger partial charge on any atom is 0.147 e. The van der Waals surface area contributed by atoms with Gasteiger partial charge < -0.3 is 14.8 Å². The van der Waals surface area contributed by atoms with Crippen LogP contribution < -0.4 is 0 Å². The Kier molecular flexibility index (Phi) is 4.68. The van der Waals surface area contributed by atoms with Crippen LogP contribution in [0.1, 0.15) is 37.0 Å². The first kappa shape index (κ1) is 13.5. The van der Waals surface area contributed by atoms with Crippen molar-refractivity contribution in [1.29, 1.82) is 0 Å². The second-order valence-corrected chi connectivity index (χ2v) is 4.84. The molecule has 1 fully saturated rings. The zero-order valence-corrected chi connectivity index (χ0v) is 10.9. The minimum absolute atomic E-state index is 0.127. The van der Waals surface area contributed by atoms with Gasteiger partial charge >= 0.3 is 0 Å². The summed E-state index contributed by atoms with van der Waals surface area (Å²) < 4.78 is 2.21. The van der Waals surface area contributed by atoms with Gasteiger partial charge in [-0.15, -0.1) is 10.2 Å². The van der Waals surface area contributed by atoms with Crippen LogP contribution in [0.5, 0.6) is 0 Å². The zero-order valence-electron chi connectivity index (χ0n) is 10.9. The van der Waals surface area contributed by atoms with E-state index in [0.717, 1.165) is 24.6 Å². The summed E-state index contributed by atoms with van der Waals surface area (Å²) in [7, 11) is 0. The first-order chi connectivity index (χ1) is 8.76. The Bertz CT molecular complexity index is 376. The maximum atomic E-state index is 9.06. The van der Waals surface area contributed by atoms with Crippen LogP contribution in [0.3, 0.4) is 0 Å². The van der Waals surface area contributed by atoms with Crippen LogP contribution >= 0.6 is 0 Å². The summed E-state index contributed by atoms with van der Waals surface area (Å²) in [5.74, 6) is 1.94. The molecule has 1 heterocycles. The number of rotatable bonds is 8. The molecule has 6 nitrogen and oxygen atoms in total. The number of hydrogen-bond acceptors (Lipinski definition) is 5. The average molecular weight is 254 g/mol. The minimum atomic E-state index is 0.127. The SMILES string of the molecule is Cc1nnc(CN(CCO)CCCO)n1C1CC1. The maximum absolute atomic E-state index is 9.06. The van der Waals surface area contributed by atoms with Crippen molar-refractivity contribution in [2.45, 2.75) is 38.8 Å². The smallest absolute Gasteiger partial charge is 0.147 e. The summed E-state index contributed by atoms with van der Waals surface area (Å²) in [6.07, 6.45) is 3.14. The van der Waals surface area contributed by atoms with Crippen molar-refractivity contribution in [3.8, 4) is 0 Å². The predicted octanol–water partition coefficient (Wildman–Crippen LogP) is 0.0981. The van der Waals surface area contributed by atoms with Gasteiger partial charge in [-0.2, -0.15) is 0 Å². The molecule has 0 amide bonds. The molecule has 2 rings (SSSR count). The quantitative estimate of drug-likeness (QED) is 0.688. The molecular formula is C12H22N4O2. The second-order valence-electron chi connectivity index (χ2n) is 4.84. The van der Waals surface area contributed by atoms with Gasteiger partial charge in [-0.3, -0.25) is 4.90 Å². The normalized spacial score (nSPS) is 15.6. The summed E-state index contributed by atoms with van der Waals surface area (Å²) in [6.45, 7) is 4.36. The fourth-order valence-electron chi connectivity index (χ4n) is 2.23. The van der Waals surface area contributed by atoms with Crippen molar-refractivity contribution in [2.75, 3.05) is 26.3 Å². The third kappa shape index (κ3) is 3.28. The largest absolute Gasteiger partial charge is 0.396 e. The Hall–Kier alpha value is -0.980. The highest BCUT2D eigenvalue weighted by molar-refractivity contribution is 5.01. The molecule has 0 atom stereocenters. The molecule has 0 spiro atoms. The molecule has 1 saturated carbocycles. The number of aromatic nitrogens is 3. The Labute approximate surface area is 107 Å². The molecule has 0 aromatic carbocycles. The Morgan fingerprint density at radius 2 is 2.00 bits per heavy atom. The van der Waals surface area contributed by atoms with E-state index >= 15 is 0 Å². The monoisotopic (exact) mass is 254 g/mol. The fraction of sp³-hybridized carbons (Fsp3) is 0.833. The third-order valence-electron chi connectivity index (χ3n) is 3.26. The van der Waals surface area contributed by atoms with E-state index in [1.165, 1.54) is 12.8 Å².